The summed E-state index contributed by atoms with van der Waals surface area (Å²) in [7, 11) is 0. The lowest BCUT2D eigenvalue weighted by molar-refractivity contribution is -0.384. The van der Waals surface area contributed by atoms with E-state index in [1.807, 2.05) is 0 Å². The summed E-state index contributed by atoms with van der Waals surface area (Å²) in [5.41, 5.74) is 0.732. The summed E-state index contributed by atoms with van der Waals surface area (Å²) in [6.45, 7) is 2.05. The number of alkyl halides is 3. The van der Waals surface area contributed by atoms with Crippen molar-refractivity contribution in [3.05, 3.63) is 56.0 Å². The quantitative estimate of drug-likeness (QED) is 0.371. The minimum absolute atomic E-state index is 0.0969. The molecule has 0 aliphatic heterocycles. The molecule has 0 aromatic heterocycles. The van der Waals surface area contributed by atoms with Gasteiger partial charge in [0.1, 0.15) is 5.69 Å². The molecule has 0 amide bonds. The maximum atomic E-state index is 12.7. The van der Waals surface area contributed by atoms with Crippen LogP contribution >= 0.6 is 15.9 Å². The lowest BCUT2D eigenvalue weighted by Gasteiger charge is -2.09. The number of anilines is 1. The molecule has 0 atom stereocenters. The van der Waals surface area contributed by atoms with Crippen molar-refractivity contribution < 1.29 is 27.9 Å². The number of phenols is 1. The Labute approximate surface area is 159 Å². The summed E-state index contributed by atoms with van der Waals surface area (Å²) in [5.74, 6) is 0.106. The summed E-state index contributed by atoms with van der Waals surface area (Å²) < 4.78 is 43.7. The molecule has 7 nitrogen and oxygen atoms in total. The van der Waals surface area contributed by atoms with Crippen LogP contribution in [-0.4, -0.2) is 22.9 Å². The number of aromatic hydroxyl groups is 1. The molecule has 0 aliphatic rings. The highest BCUT2D eigenvalue weighted by atomic mass is 79.9. The lowest BCUT2D eigenvalue weighted by atomic mass is 10.1. The van der Waals surface area contributed by atoms with Gasteiger partial charge in [-0.15, -0.1) is 0 Å². The Morgan fingerprint density at radius 2 is 2.07 bits per heavy atom. The van der Waals surface area contributed by atoms with E-state index >= 15 is 0 Å². The molecule has 0 fully saturated rings. The Morgan fingerprint density at radius 1 is 1.37 bits per heavy atom. The van der Waals surface area contributed by atoms with Crippen molar-refractivity contribution in [2.45, 2.75) is 13.1 Å². The number of hydrogen-bond acceptors (Lipinski definition) is 6. The van der Waals surface area contributed by atoms with E-state index in [0.717, 1.165) is 12.1 Å². The largest absolute Gasteiger partial charge is 0.503 e. The van der Waals surface area contributed by atoms with Crippen LogP contribution in [0.1, 0.15) is 18.1 Å². The molecule has 2 aromatic rings. The molecule has 0 saturated heterocycles. The zero-order chi connectivity index (χ0) is 20.2. The van der Waals surface area contributed by atoms with Crippen LogP contribution in [0.5, 0.6) is 11.5 Å². The third-order valence-corrected chi connectivity index (χ3v) is 3.88. The van der Waals surface area contributed by atoms with Gasteiger partial charge in [0.2, 0.25) is 0 Å². The molecule has 0 aliphatic carbocycles. The number of hydrazone groups is 1. The van der Waals surface area contributed by atoms with Gasteiger partial charge in [-0.25, -0.2) is 0 Å². The van der Waals surface area contributed by atoms with Crippen molar-refractivity contribution >= 4 is 33.5 Å². The van der Waals surface area contributed by atoms with E-state index in [4.69, 9.17) is 4.74 Å². The van der Waals surface area contributed by atoms with Gasteiger partial charge in [-0.3, -0.25) is 15.5 Å². The molecule has 0 heterocycles. The van der Waals surface area contributed by atoms with E-state index in [0.29, 0.717) is 22.7 Å². The number of nitro benzene ring substituents is 1. The number of nitrogens with zero attached hydrogens (tertiary/aromatic N) is 2. The average molecular weight is 448 g/mol. The van der Waals surface area contributed by atoms with Crippen LogP contribution in [0.4, 0.5) is 24.5 Å². The van der Waals surface area contributed by atoms with Crippen molar-refractivity contribution in [2.75, 3.05) is 12.0 Å². The van der Waals surface area contributed by atoms with Gasteiger partial charge >= 0.3 is 6.18 Å². The van der Waals surface area contributed by atoms with Crippen LogP contribution in [0.15, 0.2) is 39.9 Å². The number of benzene rings is 2. The van der Waals surface area contributed by atoms with Crippen molar-refractivity contribution in [3.8, 4) is 11.5 Å². The zero-order valence-corrected chi connectivity index (χ0v) is 15.3. The van der Waals surface area contributed by atoms with E-state index in [9.17, 15) is 28.4 Å². The Hall–Kier alpha value is -2.82. The molecule has 2 N–H and O–H groups in total. The first kappa shape index (κ1) is 20.5. The molecule has 27 heavy (non-hydrogen) atoms. The molecule has 0 spiro atoms. The topological polar surface area (TPSA) is 97.0 Å². The standard InChI is InChI=1S/C16H13BrF3N3O4/c1-2-27-14-6-9(5-11(17)15(14)24)8-21-22-12-4-3-10(16(18,19)20)7-13(12)23(25)26/h3-8,22,24H,2H2,1H3/b21-8+. The van der Waals surface area contributed by atoms with Gasteiger partial charge in [0.15, 0.2) is 11.5 Å². The monoisotopic (exact) mass is 447 g/mol. The Kier molecular flexibility index (Phi) is 6.26. The highest BCUT2D eigenvalue weighted by Crippen LogP contribution is 2.36. The number of ether oxygens (including phenoxy) is 1. The van der Waals surface area contributed by atoms with Crippen molar-refractivity contribution in [2.24, 2.45) is 5.10 Å². The fourth-order valence-corrected chi connectivity index (χ4v) is 2.52. The van der Waals surface area contributed by atoms with Crippen molar-refractivity contribution in [1.82, 2.24) is 0 Å². The van der Waals surface area contributed by atoms with Gasteiger partial charge in [0.05, 0.1) is 27.8 Å². The second-order valence-electron chi connectivity index (χ2n) is 5.14. The van der Waals surface area contributed by atoms with Crippen molar-refractivity contribution in [1.29, 1.82) is 0 Å². The summed E-state index contributed by atoms with van der Waals surface area (Å²) >= 11 is 3.15. The van der Waals surface area contributed by atoms with Gasteiger partial charge in [-0.1, -0.05) is 0 Å². The molecular weight excluding hydrogens is 435 g/mol. The van der Waals surface area contributed by atoms with Crippen LogP contribution in [0.25, 0.3) is 0 Å². The summed E-state index contributed by atoms with van der Waals surface area (Å²) in [4.78, 5) is 10.1. The summed E-state index contributed by atoms with van der Waals surface area (Å²) in [5, 5.41) is 24.7. The Morgan fingerprint density at radius 3 is 2.67 bits per heavy atom. The number of hydrogen-bond donors (Lipinski definition) is 2. The number of phenolic OH excluding ortho intramolecular Hbond substituents is 1. The van der Waals surface area contributed by atoms with Crippen LogP contribution in [0.2, 0.25) is 0 Å². The minimum Gasteiger partial charge on any atom is -0.503 e. The van der Waals surface area contributed by atoms with Gasteiger partial charge in [0, 0.05) is 6.07 Å². The van der Waals surface area contributed by atoms with Crippen LogP contribution < -0.4 is 10.2 Å². The second kappa shape index (κ2) is 8.25. The molecule has 2 rings (SSSR count). The second-order valence-corrected chi connectivity index (χ2v) is 5.99. The van der Waals surface area contributed by atoms with E-state index in [-0.39, 0.29) is 17.2 Å². The molecule has 11 heteroatoms. The molecule has 0 saturated carbocycles. The lowest BCUT2D eigenvalue weighted by Crippen LogP contribution is -2.06. The minimum atomic E-state index is -4.69. The third kappa shape index (κ3) is 5.09. The van der Waals surface area contributed by atoms with E-state index in [1.165, 1.54) is 18.3 Å². The highest BCUT2D eigenvalue weighted by molar-refractivity contribution is 9.10. The first-order valence-electron chi connectivity index (χ1n) is 7.43. The number of nitro groups is 1. The molecule has 2 aromatic carbocycles. The van der Waals surface area contributed by atoms with Gasteiger partial charge in [-0.05, 0) is 52.7 Å². The fourth-order valence-electron chi connectivity index (χ4n) is 2.06. The van der Waals surface area contributed by atoms with Crippen LogP contribution in [0.3, 0.4) is 0 Å². The van der Waals surface area contributed by atoms with Crippen LogP contribution in [0, 0.1) is 10.1 Å². The predicted octanol–water partition coefficient (Wildman–Crippen LogP) is 4.93. The number of rotatable bonds is 6. The molecule has 0 bridgehead atoms. The van der Waals surface area contributed by atoms with Crippen molar-refractivity contribution in [3.63, 3.8) is 0 Å². The molecule has 144 valence electrons. The first-order valence-corrected chi connectivity index (χ1v) is 8.22. The Balaban J connectivity index is 2.27. The van der Waals surface area contributed by atoms with E-state index in [1.54, 1.807) is 6.92 Å². The summed E-state index contributed by atoms with van der Waals surface area (Å²) in [6.07, 6.45) is -3.42. The SMILES string of the molecule is CCOc1cc(/C=N/Nc2ccc(C(F)(F)F)cc2[N+](=O)[O-])cc(Br)c1O. The maximum Gasteiger partial charge on any atom is 0.416 e. The third-order valence-electron chi connectivity index (χ3n) is 3.27. The fraction of sp³-hybridized carbons (Fsp3) is 0.188. The highest BCUT2D eigenvalue weighted by Gasteiger charge is 2.33. The van der Waals surface area contributed by atoms with E-state index in [2.05, 4.69) is 26.5 Å². The smallest absolute Gasteiger partial charge is 0.416 e. The van der Waals surface area contributed by atoms with Gasteiger partial charge in [-0.2, -0.15) is 18.3 Å². The number of nitrogens with one attached hydrogen (secondary N) is 1. The number of halogens is 4. The molecular formula is C16H13BrF3N3O4. The van der Waals surface area contributed by atoms with Gasteiger partial charge in [0.25, 0.3) is 5.69 Å². The molecule has 0 unspecified atom stereocenters. The van der Waals surface area contributed by atoms with E-state index < -0.39 is 22.4 Å². The zero-order valence-electron chi connectivity index (χ0n) is 13.7. The maximum absolute atomic E-state index is 12.7. The first-order chi connectivity index (χ1) is 12.6. The summed E-state index contributed by atoms with van der Waals surface area (Å²) in [6, 6.07) is 5.08. The van der Waals surface area contributed by atoms with Gasteiger partial charge < -0.3 is 9.84 Å². The normalized spacial score (nSPS) is 11.6. The average Bonchev–Trinajstić information content (AvgIpc) is 2.58. The predicted molar refractivity (Wildman–Crippen MR) is 96.3 cm³/mol. The van der Waals surface area contributed by atoms with Crippen LogP contribution in [-0.2, 0) is 6.18 Å². The molecule has 0 radical (unpaired) electrons. The Bertz CT molecular complexity index is 888.